The Bertz CT molecular complexity index is 742. The maximum Gasteiger partial charge on any atom is 0.241 e. The van der Waals surface area contributed by atoms with Crippen molar-refractivity contribution in [3.63, 3.8) is 0 Å². The van der Waals surface area contributed by atoms with Gasteiger partial charge < -0.3 is 9.64 Å². The van der Waals surface area contributed by atoms with E-state index in [9.17, 15) is 4.79 Å². The highest BCUT2D eigenvalue weighted by Crippen LogP contribution is 2.21. The van der Waals surface area contributed by atoms with Crippen LogP contribution < -0.4 is 9.64 Å². The second-order valence-corrected chi connectivity index (χ2v) is 7.41. The molecule has 1 saturated heterocycles. The van der Waals surface area contributed by atoms with Gasteiger partial charge in [0.25, 0.3) is 0 Å². The SMILES string of the molecule is Cc1ccccc1N(CCOc1ccc(Cl)cc1)C(=O)CN1CCCCC1. The number of hydrogen-bond donors (Lipinski definition) is 0. The molecule has 0 radical (unpaired) electrons. The molecule has 3 rings (SSSR count). The first kappa shape index (κ1) is 19.7. The van der Waals surface area contributed by atoms with Crippen molar-refractivity contribution in [3.05, 3.63) is 59.1 Å². The highest BCUT2D eigenvalue weighted by Gasteiger charge is 2.21. The summed E-state index contributed by atoms with van der Waals surface area (Å²) >= 11 is 5.91. The summed E-state index contributed by atoms with van der Waals surface area (Å²) in [6.07, 6.45) is 3.62. The van der Waals surface area contributed by atoms with Gasteiger partial charge >= 0.3 is 0 Å². The minimum Gasteiger partial charge on any atom is -0.492 e. The zero-order chi connectivity index (χ0) is 19.1. The van der Waals surface area contributed by atoms with Crippen LogP contribution in [0.3, 0.4) is 0 Å². The van der Waals surface area contributed by atoms with E-state index in [1.54, 1.807) is 12.1 Å². The number of carbonyl (C=O) groups excluding carboxylic acids is 1. The molecular formula is C22H27ClN2O2. The number of piperidine rings is 1. The summed E-state index contributed by atoms with van der Waals surface area (Å²) in [5.41, 5.74) is 2.05. The first-order chi connectivity index (χ1) is 13.1. The molecule has 4 nitrogen and oxygen atoms in total. The Hall–Kier alpha value is -2.04. The zero-order valence-corrected chi connectivity index (χ0v) is 16.6. The van der Waals surface area contributed by atoms with Crippen LogP contribution in [0.15, 0.2) is 48.5 Å². The fourth-order valence-electron chi connectivity index (χ4n) is 3.43. The molecule has 0 unspecified atom stereocenters. The standard InChI is InChI=1S/C22H27ClN2O2/c1-18-7-3-4-8-21(18)25(22(26)17-24-13-5-2-6-14-24)15-16-27-20-11-9-19(23)10-12-20/h3-4,7-12H,2,5-6,13-17H2,1H3. The monoisotopic (exact) mass is 386 g/mol. The molecular weight excluding hydrogens is 360 g/mol. The largest absolute Gasteiger partial charge is 0.492 e. The molecule has 0 aliphatic carbocycles. The van der Waals surface area contributed by atoms with Crippen molar-refractivity contribution in [1.29, 1.82) is 0 Å². The van der Waals surface area contributed by atoms with E-state index in [4.69, 9.17) is 16.3 Å². The lowest BCUT2D eigenvalue weighted by molar-refractivity contribution is -0.120. The minimum absolute atomic E-state index is 0.130. The number of para-hydroxylation sites is 1. The molecule has 2 aromatic rings. The molecule has 2 aromatic carbocycles. The Morgan fingerprint density at radius 2 is 1.78 bits per heavy atom. The van der Waals surface area contributed by atoms with Crippen LogP contribution in [-0.2, 0) is 4.79 Å². The van der Waals surface area contributed by atoms with Crippen LogP contribution in [0.4, 0.5) is 5.69 Å². The van der Waals surface area contributed by atoms with Gasteiger partial charge in [-0.25, -0.2) is 0 Å². The Labute approximate surface area is 166 Å². The number of amides is 1. The number of carbonyl (C=O) groups is 1. The summed E-state index contributed by atoms with van der Waals surface area (Å²) in [6.45, 7) is 5.47. The van der Waals surface area contributed by atoms with E-state index in [1.165, 1.54) is 19.3 Å². The molecule has 1 heterocycles. The van der Waals surface area contributed by atoms with E-state index in [-0.39, 0.29) is 5.91 Å². The van der Waals surface area contributed by atoms with Crippen molar-refractivity contribution in [2.24, 2.45) is 0 Å². The predicted molar refractivity (Wildman–Crippen MR) is 111 cm³/mol. The Morgan fingerprint density at radius 1 is 1.07 bits per heavy atom. The molecule has 27 heavy (non-hydrogen) atoms. The lowest BCUT2D eigenvalue weighted by atomic mass is 10.1. The topological polar surface area (TPSA) is 32.8 Å². The second-order valence-electron chi connectivity index (χ2n) is 6.97. The van der Waals surface area contributed by atoms with Gasteiger partial charge in [-0.05, 0) is 68.8 Å². The molecule has 1 fully saturated rings. The number of rotatable bonds is 7. The first-order valence-electron chi connectivity index (χ1n) is 9.60. The Kier molecular flexibility index (Phi) is 7.13. The number of halogens is 1. The number of hydrogen-bond acceptors (Lipinski definition) is 3. The number of anilines is 1. The van der Waals surface area contributed by atoms with Crippen LogP contribution in [0.2, 0.25) is 5.02 Å². The van der Waals surface area contributed by atoms with Crippen molar-refractivity contribution in [1.82, 2.24) is 4.90 Å². The highest BCUT2D eigenvalue weighted by atomic mass is 35.5. The van der Waals surface area contributed by atoms with Gasteiger partial charge in [-0.2, -0.15) is 0 Å². The van der Waals surface area contributed by atoms with Gasteiger partial charge in [-0.1, -0.05) is 36.2 Å². The molecule has 0 atom stereocenters. The summed E-state index contributed by atoms with van der Waals surface area (Å²) in [6, 6.07) is 15.3. The van der Waals surface area contributed by atoms with Crippen LogP contribution >= 0.6 is 11.6 Å². The van der Waals surface area contributed by atoms with Crippen LogP contribution in [0.25, 0.3) is 0 Å². The number of nitrogens with zero attached hydrogens (tertiary/aromatic N) is 2. The summed E-state index contributed by atoms with van der Waals surface area (Å²) < 4.78 is 5.83. The number of likely N-dealkylation sites (tertiary alicyclic amines) is 1. The third-order valence-electron chi connectivity index (χ3n) is 4.91. The molecule has 144 valence electrons. The van der Waals surface area contributed by atoms with E-state index in [0.717, 1.165) is 30.1 Å². The van der Waals surface area contributed by atoms with Crippen molar-refractivity contribution in [3.8, 4) is 5.75 Å². The van der Waals surface area contributed by atoms with Gasteiger partial charge in [-0.3, -0.25) is 9.69 Å². The van der Waals surface area contributed by atoms with Crippen molar-refractivity contribution in [2.75, 3.05) is 37.7 Å². The summed E-state index contributed by atoms with van der Waals surface area (Å²) in [7, 11) is 0. The highest BCUT2D eigenvalue weighted by molar-refractivity contribution is 6.30. The molecule has 0 bridgehead atoms. The number of ether oxygens (including phenoxy) is 1. The van der Waals surface area contributed by atoms with Crippen LogP contribution in [0.5, 0.6) is 5.75 Å². The summed E-state index contributed by atoms with van der Waals surface area (Å²) in [5, 5.41) is 0.681. The van der Waals surface area contributed by atoms with Crippen molar-refractivity contribution >= 4 is 23.2 Å². The fourth-order valence-corrected chi connectivity index (χ4v) is 3.55. The normalized spacial score (nSPS) is 14.7. The van der Waals surface area contributed by atoms with E-state index in [1.807, 2.05) is 48.2 Å². The average Bonchev–Trinajstić information content (AvgIpc) is 2.68. The lowest BCUT2D eigenvalue weighted by Gasteiger charge is -2.30. The zero-order valence-electron chi connectivity index (χ0n) is 15.9. The molecule has 1 aliphatic heterocycles. The second kappa shape index (κ2) is 9.77. The van der Waals surface area contributed by atoms with E-state index < -0.39 is 0 Å². The average molecular weight is 387 g/mol. The molecule has 0 aromatic heterocycles. The summed E-state index contributed by atoms with van der Waals surface area (Å²) in [4.78, 5) is 17.2. The molecule has 1 aliphatic rings. The molecule has 0 saturated carbocycles. The first-order valence-corrected chi connectivity index (χ1v) is 9.98. The predicted octanol–water partition coefficient (Wildman–Crippen LogP) is 4.55. The van der Waals surface area contributed by atoms with Gasteiger partial charge in [0.2, 0.25) is 5.91 Å². The van der Waals surface area contributed by atoms with Crippen molar-refractivity contribution < 1.29 is 9.53 Å². The van der Waals surface area contributed by atoms with Crippen LogP contribution in [0.1, 0.15) is 24.8 Å². The van der Waals surface area contributed by atoms with Gasteiger partial charge in [-0.15, -0.1) is 0 Å². The smallest absolute Gasteiger partial charge is 0.241 e. The van der Waals surface area contributed by atoms with Gasteiger partial charge in [0.15, 0.2) is 0 Å². The third-order valence-corrected chi connectivity index (χ3v) is 5.16. The molecule has 0 spiro atoms. The molecule has 5 heteroatoms. The van der Waals surface area contributed by atoms with Gasteiger partial charge in [0, 0.05) is 10.7 Å². The van der Waals surface area contributed by atoms with Gasteiger partial charge in [0.05, 0.1) is 13.1 Å². The Morgan fingerprint density at radius 3 is 2.48 bits per heavy atom. The maximum absolute atomic E-state index is 13.1. The van der Waals surface area contributed by atoms with Crippen molar-refractivity contribution in [2.45, 2.75) is 26.2 Å². The lowest BCUT2D eigenvalue weighted by Crippen LogP contribution is -2.44. The van der Waals surface area contributed by atoms with E-state index in [2.05, 4.69) is 4.90 Å². The summed E-state index contributed by atoms with van der Waals surface area (Å²) in [5.74, 6) is 0.888. The Balaban J connectivity index is 1.66. The van der Waals surface area contributed by atoms with E-state index in [0.29, 0.717) is 24.7 Å². The maximum atomic E-state index is 13.1. The number of aryl methyl sites for hydroxylation is 1. The molecule has 0 N–H and O–H groups in total. The van der Waals surface area contributed by atoms with Crippen LogP contribution in [0, 0.1) is 6.92 Å². The third kappa shape index (κ3) is 5.72. The quantitative estimate of drug-likeness (QED) is 0.700. The fraction of sp³-hybridized carbons (Fsp3) is 0.409. The van der Waals surface area contributed by atoms with Gasteiger partial charge in [0.1, 0.15) is 12.4 Å². The number of benzene rings is 2. The minimum atomic E-state index is 0.130. The van der Waals surface area contributed by atoms with Crippen LogP contribution in [-0.4, -0.2) is 43.6 Å². The molecule has 1 amide bonds. The van der Waals surface area contributed by atoms with E-state index >= 15 is 0 Å².